The van der Waals surface area contributed by atoms with E-state index in [0.717, 1.165) is 25.8 Å². The Morgan fingerprint density at radius 3 is 2.54 bits per heavy atom. The standard InChI is InChI=1S/C22H31NO3/c1-21(2,3)18-8-6-16(7-9-18)14-22(4)10-5-11-23(22)19(24)12-17-13-20(25)26-15-17/h6-9,17H,5,10-15H2,1-4H3. The quantitative estimate of drug-likeness (QED) is 0.769. The molecular weight excluding hydrogens is 326 g/mol. The molecule has 0 aliphatic carbocycles. The number of carbonyl (C=O) groups excluding carboxylic acids is 2. The van der Waals surface area contributed by atoms with Crippen molar-refractivity contribution in [1.29, 1.82) is 0 Å². The van der Waals surface area contributed by atoms with E-state index < -0.39 is 0 Å². The Labute approximate surface area is 156 Å². The molecule has 142 valence electrons. The predicted octanol–water partition coefficient (Wildman–Crippen LogP) is 3.86. The van der Waals surface area contributed by atoms with Gasteiger partial charge >= 0.3 is 5.97 Å². The Hall–Kier alpha value is -1.84. The van der Waals surface area contributed by atoms with E-state index in [1.165, 1.54) is 11.1 Å². The summed E-state index contributed by atoms with van der Waals surface area (Å²) in [6.45, 7) is 10.1. The third kappa shape index (κ3) is 4.11. The second-order valence-corrected chi connectivity index (χ2v) is 9.23. The van der Waals surface area contributed by atoms with Gasteiger partial charge in [-0.05, 0) is 42.7 Å². The number of esters is 1. The highest BCUT2D eigenvalue weighted by Crippen LogP contribution is 2.34. The van der Waals surface area contributed by atoms with Crippen LogP contribution in [-0.4, -0.2) is 35.5 Å². The summed E-state index contributed by atoms with van der Waals surface area (Å²) in [6, 6.07) is 8.83. The summed E-state index contributed by atoms with van der Waals surface area (Å²) in [5.41, 5.74) is 2.62. The highest BCUT2D eigenvalue weighted by atomic mass is 16.5. The van der Waals surface area contributed by atoms with E-state index in [9.17, 15) is 9.59 Å². The molecule has 26 heavy (non-hydrogen) atoms. The Morgan fingerprint density at radius 2 is 1.96 bits per heavy atom. The summed E-state index contributed by atoms with van der Waals surface area (Å²) in [6.07, 6.45) is 3.75. The Kier molecular flexibility index (Phi) is 5.14. The van der Waals surface area contributed by atoms with Crippen molar-refractivity contribution < 1.29 is 14.3 Å². The number of rotatable bonds is 4. The summed E-state index contributed by atoms with van der Waals surface area (Å²) in [5.74, 6) is 0.0384. The van der Waals surface area contributed by atoms with Gasteiger partial charge in [0.05, 0.1) is 13.0 Å². The maximum Gasteiger partial charge on any atom is 0.306 e. The number of carbonyl (C=O) groups is 2. The van der Waals surface area contributed by atoms with Gasteiger partial charge in [0, 0.05) is 24.4 Å². The molecular formula is C22H31NO3. The lowest BCUT2D eigenvalue weighted by atomic mass is 9.84. The smallest absolute Gasteiger partial charge is 0.306 e. The fraction of sp³-hybridized carbons (Fsp3) is 0.636. The first-order valence-corrected chi connectivity index (χ1v) is 9.73. The fourth-order valence-corrected chi connectivity index (χ4v) is 4.25. The largest absolute Gasteiger partial charge is 0.465 e. The van der Waals surface area contributed by atoms with Crippen LogP contribution in [0.4, 0.5) is 0 Å². The molecule has 2 aliphatic heterocycles. The highest BCUT2D eigenvalue weighted by Gasteiger charge is 2.40. The normalized spacial score (nSPS) is 26.2. The van der Waals surface area contributed by atoms with Crippen molar-refractivity contribution >= 4 is 11.9 Å². The molecule has 2 aliphatic rings. The van der Waals surface area contributed by atoms with Gasteiger partial charge in [0.15, 0.2) is 0 Å². The number of hydrogen-bond acceptors (Lipinski definition) is 3. The summed E-state index contributed by atoms with van der Waals surface area (Å²) >= 11 is 0. The molecule has 0 spiro atoms. The van der Waals surface area contributed by atoms with E-state index in [-0.39, 0.29) is 28.7 Å². The lowest BCUT2D eigenvalue weighted by Crippen LogP contribution is -2.47. The van der Waals surface area contributed by atoms with Gasteiger partial charge in [0.1, 0.15) is 0 Å². The first-order chi connectivity index (χ1) is 12.2. The van der Waals surface area contributed by atoms with Gasteiger partial charge < -0.3 is 9.64 Å². The summed E-state index contributed by atoms with van der Waals surface area (Å²) < 4.78 is 5.01. The predicted molar refractivity (Wildman–Crippen MR) is 102 cm³/mol. The molecule has 1 aromatic rings. The third-order valence-electron chi connectivity index (χ3n) is 5.85. The molecule has 2 fully saturated rings. The van der Waals surface area contributed by atoms with Crippen molar-refractivity contribution in [1.82, 2.24) is 4.90 Å². The van der Waals surface area contributed by atoms with Crippen molar-refractivity contribution in [3.8, 4) is 0 Å². The maximum absolute atomic E-state index is 12.9. The number of nitrogens with zero attached hydrogens (tertiary/aromatic N) is 1. The monoisotopic (exact) mass is 357 g/mol. The van der Waals surface area contributed by atoms with Crippen LogP contribution in [0.25, 0.3) is 0 Å². The molecule has 0 bridgehead atoms. The highest BCUT2D eigenvalue weighted by molar-refractivity contribution is 5.79. The van der Waals surface area contributed by atoms with Crippen LogP contribution < -0.4 is 0 Å². The van der Waals surface area contributed by atoms with E-state index in [1.54, 1.807) is 0 Å². The molecule has 4 heteroatoms. The second-order valence-electron chi connectivity index (χ2n) is 9.23. The minimum atomic E-state index is -0.175. The van der Waals surface area contributed by atoms with Crippen molar-refractivity contribution in [2.45, 2.75) is 70.8 Å². The summed E-state index contributed by atoms with van der Waals surface area (Å²) in [7, 11) is 0. The van der Waals surface area contributed by atoms with Gasteiger partial charge in [-0.2, -0.15) is 0 Å². The molecule has 0 radical (unpaired) electrons. The first-order valence-electron chi connectivity index (χ1n) is 9.73. The number of amides is 1. The molecule has 0 N–H and O–H groups in total. The van der Waals surface area contributed by atoms with Crippen molar-refractivity contribution in [2.75, 3.05) is 13.2 Å². The van der Waals surface area contributed by atoms with E-state index in [4.69, 9.17) is 4.74 Å². The Balaban J connectivity index is 1.67. The molecule has 1 aromatic carbocycles. The number of hydrogen-bond donors (Lipinski definition) is 0. The first kappa shape index (κ1) is 18.9. The van der Waals surface area contributed by atoms with Crippen molar-refractivity contribution in [2.24, 2.45) is 5.92 Å². The average Bonchev–Trinajstić information content (AvgIpc) is 3.12. The maximum atomic E-state index is 12.9. The topological polar surface area (TPSA) is 46.6 Å². The number of cyclic esters (lactones) is 1. The third-order valence-corrected chi connectivity index (χ3v) is 5.85. The van der Waals surface area contributed by atoms with Crippen LogP contribution in [0.15, 0.2) is 24.3 Å². The lowest BCUT2D eigenvalue weighted by Gasteiger charge is -2.36. The van der Waals surface area contributed by atoms with Crippen LogP contribution >= 0.6 is 0 Å². The van der Waals surface area contributed by atoms with E-state index in [2.05, 4.69) is 52.0 Å². The van der Waals surface area contributed by atoms with Crippen LogP contribution in [0.3, 0.4) is 0 Å². The lowest BCUT2D eigenvalue weighted by molar-refractivity contribution is -0.138. The fourth-order valence-electron chi connectivity index (χ4n) is 4.25. The molecule has 2 atom stereocenters. The van der Waals surface area contributed by atoms with Crippen molar-refractivity contribution in [3.63, 3.8) is 0 Å². The molecule has 2 heterocycles. The zero-order valence-corrected chi connectivity index (χ0v) is 16.5. The van der Waals surface area contributed by atoms with Crippen molar-refractivity contribution in [3.05, 3.63) is 35.4 Å². The van der Waals surface area contributed by atoms with Crippen LogP contribution in [0, 0.1) is 5.92 Å². The summed E-state index contributed by atoms with van der Waals surface area (Å²) in [4.78, 5) is 26.2. The molecule has 0 saturated carbocycles. The molecule has 4 nitrogen and oxygen atoms in total. The zero-order valence-electron chi connectivity index (χ0n) is 16.5. The Morgan fingerprint density at radius 1 is 1.27 bits per heavy atom. The van der Waals surface area contributed by atoms with Gasteiger partial charge in [-0.1, -0.05) is 45.0 Å². The van der Waals surface area contributed by atoms with E-state index >= 15 is 0 Å². The van der Waals surface area contributed by atoms with Gasteiger partial charge in [-0.25, -0.2) is 0 Å². The van der Waals surface area contributed by atoms with Gasteiger partial charge in [0.25, 0.3) is 0 Å². The molecule has 0 aromatic heterocycles. The van der Waals surface area contributed by atoms with Crippen LogP contribution in [0.1, 0.15) is 64.5 Å². The number of ether oxygens (including phenoxy) is 1. The van der Waals surface area contributed by atoms with Crippen LogP contribution in [-0.2, 0) is 26.2 Å². The molecule has 2 unspecified atom stereocenters. The van der Waals surface area contributed by atoms with E-state index in [0.29, 0.717) is 19.4 Å². The zero-order chi connectivity index (χ0) is 18.9. The number of likely N-dealkylation sites (tertiary alicyclic amines) is 1. The van der Waals surface area contributed by atoms with Gasteiger partial charge in [-0.3, -0.25) is 9.59 Å². The molecule has 2 saturated heterocycles. The summed E-state index contributed by atoms with van der Waals surface area (Å²) in [5, 5.41) is 0. The van der Waals surface area contributed by atoms with E-state index in [1.807, 2.05) is 4.90 Å². The second kappa shape index (κ2) is 7.05. The molecule has 3 rings (SSSR count). The minimum absolute atomic E-state index is 0.0471. The van der Waals surface area contributed by atoms with Gasteiger partial charge in [0.2, 0.25) is 5.91 Å². The molecule has 1 amide bonds. The van der Waals surface area contributed by atoms with Gasteiger partial charge in [-0.15, -0.1) is 0 Å². The number of benzene rings is 1. The minimum Gasteiger partial charge on any atom is -0.465 e. The van der Waals surface area contributed by atoms with Crippen LogP contribution in [0.2, 0.25) is 0 Å². The SMILES string of the molecule is CC(C)(C)c1ccc(CC2(C)CCCN2C(=O)CC2COC(=O)C2)cc1. The average molecular weight is 357 g/mol. The Bertz CT molecular complexity index is 674. The van der Waals surface area contributed by atoms with Crippen LogP contribution in [0.5, 0.6) is 0 Å².